The van der Waals surface area contributed by atoms with Crippen LogP contribution in [0.25, 0.3) is 0 Å². The Bertz CT molecular complexity index is 143. The van der Waals surface area contributed by atoms with Crippen molar-refractivity contribution in [1.29, 1.82) is 0 Å². The fourth-order valence-electron chi connectivity index (χ4n) is 1.92. The molecule has 2 nitrogen and oxygen atoms in total. The Hall–Kier alpha value is -0.0800. The molecule has 1 saturated heterocycles. The lowest BCUT2D eigenvalue weighted by Gasteiger charge is -2.31. The molecule has 1 rings (SSSR count). The molecule has 0 bridgehead atoms. The van der Waals surface area contributed by atoms with Gasteiger partial charge < -0.3 is 5.11 Å². The number of rotatable bonds is 3. The topological polar surface area (TPSA) is 23.5 Å². The molecule has 1 aliphatic heterocycles. The summed E-state index contributed by atoms with van der Waals surface area (Å²) < 4.78 is 0. The summed E-state index contributed by atoms with van der Waals surface area (Å²) in [6.07, 6.45) is 3.37. The lowest BCUT2D eigenvalue weighted by atomic mass is 10.0. The first-order chi connectivity index (χ1) is 5.52. The number of likely N-dealkylation sites (tertiary alicyclic amines) is 1. The van der Waals surface area contributed by atoms with Crippen molar-refractivity contribution in [1.82, 2.24) is 4.90 Å². The monoisotopic (exact) mass is 171 g/mol. The number of aliphatic hydroxyl groups is 1. The third-order valence-corrected chi connectivity index (χ3v) is 2.89. The van der Waals surface area contributed by atoms with Crippen LogP contribution in [0.4, 0.5) is 0 Å². The minimum atomic E-state index is -0.151. The van der Waals surface area contributed by atoms with Gasteiger partial charge in [-0.2, -0.15) is 0 Å². The van der Waals surface area contributed by atoms with Gasteiger partial charge in [-0.15, -0.1) is 0 Å². The highest BCUT2D eigenvalue weighted by Crippen LogP contribution is 2.27. The Morgan fingerprint density at radius 2 is 2.17 bits per heavy atom. The average molecular weight is 171 g/mol. The highest BCUT2D eigenvalue weighted by Gasteiger charge is 2.31. The van der Waals surface area contributed by atoms with Crippen molar-refractivity contribution < 1.29 is 5.11 Å². The first-order valence-corrected chi connectivity index (χ1v) is 4.95. The maximum Gasteiger partial charge on any atom is 0.0524 e. The average Bonchev–Trinajstić information content (AvgIpc) is 2.25. The van der Waals surface area contributed by atoms with Crippen molar-refractivity contribution in [2.75, 3.05) is 13.1 Å². The minimum absolute atomic E-state index is 0.151. The summed E-state index contributed by atoms with van der Waals surface area (Å²) in [4.78, 5) is 2.49. The number of hydrogen-bond acceptors (Lipinski definition) is 2. The molecule has 0 spiro atoms. The van der Waals surface area contributed by atoms with E-state index in [0.717, 1.165) is 13.0 Å². The van der Waals surface area contributed by atoms with Crippen LogP contribution in [-0.2, 0) is 0 Å². The van der Waals surface area contributed by atoms with E-state index in [1.165, 1.54) is 19.4 Å². The van der Waals surface area contributed by atoms with Crippen molar-refractivity contribution in [3.8, 4) is 0 Å². The van der Waals surface area contributed by atoms with Crippen LogP contribution in [-0.4, -0.2) is 34.7 Å². The molecule has 1 heterocycles. The molecule has 1 aliphatic rings. The molecule has 1 N–H and O–H groups in total. The van der Waals surface area contributed by atoms with Crippen molar-refractivity contribution in [3.63, 3.8) is 0 Å². The molecule has 0 aliphatic carbocycles. The predicted molar refractivity (Wildman–Crippen MR) is 51.2 cm³/mol. The van der Waals surface area contributed by atoms with E-state index in [9.17, 15) is 0 Å². The van der Waals surface area contributed by atoms with Crippen LogP contribution >= 0.6 is 0 Å². The fourth-order valence-corrected chi connectivity index (χ4v) is 1.92. The van der Waals surface area contributed by atoms with Gasteiger partial charge in [-0.25, -0.2) is 0 Å². The van der Waals surface area contributed by atoms with Gasteiger partial charge in [0.25, 0.3) is 0 Å². The van der Waals surface area contributed by atoms with Crippen molar-refractivity contribution in [2.24, 2.45) is 0 Å². The van der Waals surface area contributed by atoms with E-state index in [0.29, 0.717) is 5.54 Å². The highest BCUT2D eigenvalue weighted by molar-refractivity contribution is 4.87. The molecule has 0 saturated carbocycles. The van der Waals surface area contributed by atoms with Crippen LogP contribution in [0.15, 0.2) is 0 Å². The van der Waals surface area contributed by atoms with E-state index < -0.39 is 0 Å². The van der Waals surface area contributed by atoms with Crippen LogP contribution in [0.3, 0.4) is 0 Å². The molecule has 0 amide bonds. The molecule has 0 radical (unpaired) electrons. The maximum atomic E-state index is 9.16. The van der Waals surface area contributed by atoms with Crippen LogP contribution in [0, 0.1) is 0 Å². The smallest absolute Gasteiger partial charge is 0.0524 e. The van der Waals surface area contributed by atoms with Gasteiger partial charge in [0.2, 0.25) is 0 Å². The highest BCUT2D eigenvalue weighted by atomic mass is 16.3. The second-order valence-corrected chi connectivity index (χ2v) is 4.54. The van der Waals surface area contributed by atoms with Gasteiger partial charge in [0.05, 0.1) is 6.10 Å². The summed E-state index contributed by atoms with van der Waals surface area (Å²) in [5.74, 6) is 0. The van der Waals surface area contributed by atoms with E-state index in [-0.39, 0.29) is 6.10 Å². The molecular formula is C10H21NO. The quantitative estimate of drug-likeness (QED) is 0.697. The molecule has 0 aromatic heterocycles. The summed E-state index contributed by atoms with van der Waals surface area (Å²) in [6, 6.07) is 0. The molecule has 2 heteroatoms. The molecule has 1 fully saturated rings. The summed E-state index contributed by atoms with van der Waals surface area (Å²) in [5.41, 5.74) is 0.370. The van der Waals surface area contributed by atoms with Crippen LogP contribution in [0.5, 0.6) is 0 Å². The van der Waals surface area contributed by atoms with Gasteiger partial charge in [0, 0.05) is 12.1 Å². The van der Waals surface area contributed by atoms with E-state index in [1.54, 1.807) is 0 Å². The Balaban J connectivity index is 2.32. The van der Waals surface area contributed by atoms with Crippen LogP contribution in [0.2, 0.25) is 0 Å². The van der Waals surface area contributed by atoms with Crippen LogP contribution < -0.4 is 0 Å². The number of aliphatic hydroxyl groups excluding tert-OH is 1. The third kappa shape index (κ3) is 2.46. The Morgan fingerprint density at radius 3 is 2.58 bits per heavy atom. The standard InChI is InChI=1S/C10H21NO/c1-9(12)5-8-11-7-4-6-10(11,2)3/h9,12H,4-8H2,1-3H3. The Labute approximate surface area is 75.6 Å². The zero-order valence-corrected chi connectivity index (χ0v) is 8.51. The summed E-state index contributed by atoms with van der Waals surface area (Å²) in [5, 5.41) is 9.16. The molecule has 0 aromatic rings. The predicted octanol–water partition coefficient (Wildman–Crippen LogP) is 1.63. The first kappa shape index (κ1) is 10.0. The van der Waals surface area contributed by atoms with E-state index in [4.69, 9.17) is 5.11 Å². The van der Waals surface area contributed by atoms with Crippen molar-refractivity contribution in [3.05, 3.63) is 0 Å². The molecule has 1 atom stereocenters. The van der Waals surface area contributed by atoms with Gasteiger partial charge in [-0.3, -0.25) is 4.90 Å². The normalized spacial score (nSPS) is 26.0. The van der Waals surface area contributed by atoms with E-state index >= 15 is 0 Å². The maximum absolute atomic E-state index is 9.16. The molecular weight excluding hydrogens is 150 g/mol. The van der Waals surface area contributed by atoms with Gasteiger partial charge in [-0.1, -0.05) is 0 Å². The summed E-state index contributed by atoms with van der Waals surface area (Å²) in [7, 11) is 0. The van der Waals surface area contributed by atoms with Gasteiger partial charge in [-0.05, 0) is 46.6 Å². The third-order valence-electron chi connectivity index (χ3n) is 2.89. The summed E-state index contributed by atoms with van der Waals surface area (Å²) >= 11 is 0. The van der Waals surface area contributed by atoms with Gasteiger partial charge in [0.15, 0.2) is 0 Å². The summed E-state index contributed by atoms with van der Waals surface area (Å²) in [6.45, 7) is 8.71. The molecule has 0 aromatic carbocycles. The van der Waals surface area contributed by atoms with E-state index in [1.807, 2.05) is 6.92 Å². The van der Waals surface area contributed by atoms with Crippen molar-refractivity contribution >= 4 is 0 Å². The number of nitrogens with zero attached hydrogens (tertiary/aromatic N) is 1. The lowest BCUT2D eigenvalue weighted by molar-refractivity contribution is 0.124. The Morgan fingerprint density at radius 1 is 1.50 bits per heavy atom. The minimum Gasteiger partial charge on any atom is -0.393 e. The van der Waals surface area contributed by atoms with Gasteiger partial charge in [0.1, 0.15) is 0 Å². The van der Waals surface area contributed by atoms with E-state index in [2.05, 4.69) is 18.7 Å². The number of hydrogen-bond donors (Lipinski definition) is 1. The molecule has 12 heavy (non-hydrogen) atoms. The van der Waals surface area contributed by atoms with Crippen molar-refractivity contribution in [2.45, 2.75) is 51.7 Å². The fraction of sp³-hybridized carbons (Fsp3) is 1.00. The lowest BCUT2D eigenvalue weighted by Crippen LogP contribution is -2.39. The molecule has 72 valence electrons. The Kier molecular flexibility index (Phi) is 3.13. The second kappa shape index (κ2) is 3.75. The van der Waals surface area contributed by atoms with Crippen LogP contribution in [0.1, 0.15) is 40.0 Å². The zero-order valence-electron chi connectivity index (χ0n) is 8.51. The second-order valence-electron chi connectivity index (χ2n) is 4.54. The zero-order chi connectivity index (χ0) is 9.19. The SMILES string of the molecule is CC(O)CCN1CCCC1(C)C. The largest absolute Gasteiger partial charge is 0.393 e. The van der Waals surface area contributed by atoms with Gasteiger partial charge >= 0.3 is 0 Å². The molecule has 1 unspecified atom stereocenters. The first-order valence-electron chi connectivity index (χ1n) is 4.95.